The Morgan fingerprint density at radius 3 is 2.79 bits per heavy atom. The molecule has 1 aromatic carbocycles. The fraction of sp³-hybridized carbons (Fsp3) is 0.143. The maximum Gasteiger partial charge on any atom is 0.262 e. The van der Waals surface area contributed by atoms with Crippen molar-refractivity contribution in [3.8, 4) is 5.75 Å². The predicted molar refractivity (Wildman–Crippen MR) is 74.6 cm³/mol. The molecule has 0 atom stereocenters. The van der Waals surface area contributed by atoms with Crippen molar-refractivity contribution in [1.29, 1.82) is 0 Å². The fourth-order valence-electron chi connectivity index (χ4n) is 1.50. The monoisotopic (exact) mass is 276 g/mol. The summed E-state index contributed by atoms with van der Waals surface area (Å²) in [6.45, 7) is 1.84. The van der Waals surface area contributed by atoms with Crippen molar-refractivity contribution in [2.75, 3.05) is 11.9 Å². The van der Waals surface area contributed by atoms with E-state index in [-0.39, 0.29) is 12.5 Å². The fourth-order valence-corrected chi connectivity index (χ4v) is 1.67. The molecule has 0 aliphatic carbocycles. The molecule has 1 aromatic heterocycles. The van der Waals surface area contributed by atoms with Gasteiger partial charge in [0.1, 0.15) is 5.75 Å². The Morgan fingerprint density at radius 2 is 2.05 bits per heavy atom. The largest absolute Gasteiger partial charge is 0.482 e. The minimum Gasteiger partial charge on any atom is -0.482 e. The summed E-state index contributed by atoms with van der Waals surface area (Å²) in [4.78, 5) is 15.5. The molecular weight excluding hydrogens is 264 g/mol. The van der Waals surface area contributed by atoms with Gasteiger partial charge in [0.05, 0.1) is 5.02 Å². The molecule has 1 heterocycles. The predicted octanol–water partition coefficient (Wildman–Crippen LogP) is 3.06. The van der Waals surface area contributed by atoms with Gasteiger partial charge >= 0.3 is 0 Å². The van der Waals surface area contributed by atoms with Gasteiger partial charge in [-0.3, -0.25) is 9.78 Å². The van der Waals surface area contributed by atoms with Crippen LogP contribution in [0.25, 0.3) is 0 Å². The molecule has 0 radical (unpaired) electrons. The summed E-state index contributed by atoms with van der Waals surface area (Å²) in [5, 5.41) is 3.19. The smallest absolute Gasteiger partial charge is 0.262 e. The van der Waals surface area contributed by atoms with E-state index < -0.39 is 0 Å². The van der Waals surface area contributed by atoms with E-state index in [1.165, 1.54) is 0 Å². The van der Waals surface area contributed by atoms with Crippen LogP contribution in [0.4, 0.5) is 5.69 Å². The Bertz CT molecular complexity index is 573. The molecule has 0 spiro atoms. The number of aryl methyl sites for hydroxylation is 1. The maximum absolute atomic E-state index is 11.7. The van der Waals surface area contributed by atoms with Crippen LogP contribution in [0.15, 0.2) is 42.7 Å². The number of amides is 1. The summed E-state index contributed by atoms with van der Waals surface area (Å²) in [5.41, 5.74) is 1.70. The molecule has 19 heavy (non-hydrogen) atoms. The Labute approximate surface area is 116 Å². The van der Waals surface area contributed by atoms with Crippen LogP contribution in [0.5, 0.6) is 5.75 Å². The molecule has 0 fully saturated rings. The molecule has 0 bridgehead atoms. The van der Waals surface area contributed by atoms with Gasteiger partial charge in [0.25, 0.3) is 5.91 Å². The first kappa shape index (κ1) is 13.4. The van der Waals surface area contributed by atoms with Crippen molar-refractivity contribution in [2.24, 2.45) is 0 Å². The van der Waals surface area contributed by atoms with Gasteiger partial charge in [-0.1, -0.05) is 17.7 Å². The number of carbonyl (C=O) groups is 1. The van der Waals surface area contributed by atoms with E-state index in [0.717, 1.165) is 5.56 Å². The quantitative estimate of drug-likeness (QED) is 0.934. The summed E-state index contributed by atoms with van der Waals surface area (Å²) >= 11 is 5.97. The SMILES string of the molecule is Cc1ccc(Cl)c(OCC(=O)Nc2ccncc2)c1. The lowest BCUT2D eigenvalue weighted by molar-refractivity contribution is -0.118. The van der Waals surface area contributed by atoms with E-state index in [0.29, 0.717) is 16.5 Å². The Morgan fingerprint density at radius 1 is 1.32 bits per heavy atom. The standard InChI is InChI=1S/C14H13ClN2O2/c1-10-2-3-12(15)13(8-10)19-9-14(18)17-11-4-6-16-7-5-11/h2-8H,9H2,1H3,(H,16,17,18). The molecule has 0 saturated heterocycles. The lowest BCUT2D eigenvalue weighted by Gasteiger charge is -2.09. The third kappa shape index (κ3) is 3.96. The van der Waals surface area contributed by atoms with Crippen molar-refractivity contribution in [3.05, 3.63) is 53.3 Å². The highest BCUT2D eigenvalue weighted by atomic mass is 35.5. The molecular formula is C14H13ClN2O2. The van der Waals surface area contributed by atoms with Crippen molar-refractivity contribution < 1.29 is 9.53 Å². The molecule has 0 aliphatic rings. The lowest BCUT2D eigenvalue weighted by Crippen LogP contribution is -2.20. The molecule has 1 amide bonds. The number of hydrogen-bond acceptors (Lipinski definition) is 3. The summed E-state index contributed by atoms with van der Waals surface area (Å²) in [6, 6.07) is 8.83. The van der Waals surface area contributed by atoms with Gasteiger partial charge < -0.3 is 10.1 Å². The van der Waals surface area contributed by atoms with Crippen LogP contribution < -0.4 is 10.1 Å². The molecule has 0 aliphatic heterocycles. The number of nitrogens with one attached hydrogen (secondary N) is 1. The first-order valence-corrected chi connectivity index (χ1v) is 6.12. The number of ether oxygens (including phenoxy) is 1. The Balaban J connectivity index is 1.92. The molecule has 0 saturated carbocycles. The molecule has 2 aromatic rings. The maximum atomic E-state index is 11.7. The average Bonchev–Trinajstić information content (AvgIpc) is 2.41. The second-order valence-electron chi connectivity index (χ2n) is 4.01. The Hall–Kier alpha value is -2.07. The van der Waals surface area contributed by atoms with Crippen molar-refractivity contribution in [2.45, 2.75) is 6.92 Å². The highest BCUT2D eigenvalue weighted by Crippen LogP contribution is 2.25. The molecule has 2 rings (SSSR count). The van der Waals surface area contributed by atoms with Crippen LogP contribution >= 0.6 is 11.6 Å². The van der Waals surface area contributed by atoms with Crippen molar-refractivity contribution >= 4 is 23.2 Å². The second kappa shape index (κ2) is 6.20. The summed E-state index contributed by atoms with van der Waals surface area (Å²) in [7, 11) is 0. The molecule has 98 valence electrons. The highest BCUT2D eigenvalue weighted by molar-refractivity contribution is 6.32. The third-order valence-corrected chi connectivity index (χ3v) is 2.72. The first-order valence-electron chi connectivity index (χ1n) is 5.74. The van der Waals surface area contributed by atoms with E-state index in [1.807, 2.05) is 13.0 Å². The number of hydrogen-bond donors (Lipinski definition) is 1. The Kier molecular flexibility index (Phi) is 4.36. The van der Waals surface area contributed by atoms with Gasteiger partial charge in [-0.25, -0.2) is 0 Å². The molecule has 0 unspecified atom stereocenters. The van der Waals surface area contributed by atoms with Crippen LogP contribution in [0.3, 0.4) is 0 Å². The van der Waals surface area contributed by atoms with E-state index in [2.05, 4.69) is 10.3 Å². The number of pyridine rings is 1. The number of benzene rings is 1. The van der Waals surface area contributed by atoms with Crippen LogP contribution in [0.2, 0.25) is 5.02 Å². The third-order valence-electron chi connectivity index (χ3n) is 2.41. The summed E-state index contributed by atoms with van der Waals surface area (Å²) in [5.74, 6) is 0.260. The summed E-state index contributed by atoms with van der Waals surface area (Å²) < 4.78 is 5.39. The van der Waals surface area contributed by atoms with Crippen LogP contribution in [-0.2, 0) is 4.79 Å². The zero-order valence-electron chi connectivity index (χ0n) is 10.4. The number of nitrogens with zero attached hydrogens (tertiary/aromatic N) is 1. The topological polar surface area (TPSA) is 51.2 Å². The second-order valence-corrected chi connectivity index (χ2v) is 4.41. The van der Waals surface area contributed by atoms with Gasteiger partial charge in [-0.2, -0.15) is 0 Å². The first-order chi connectivity index (χ1) is 9.15. The molecule has 5 heteroatoms. The van der Waals surface area contributed by atoms with Crippen molar-refractivity contribution in [1.82, 2.24) is 4.98 Å². The van der Waals surface area contributed by atoms with Gasteiger partial charge in [0.15, 0.2) is 6.61 Å². The van der Waals surface area contributed by atoms with E-state index in [4.69, 9.17) is 16.3 Å². The van der Waals surface area contributed by atoms with E-state index in [1.54, 1.807) is 36.7 Å². The van der Waals surface area contributed by atoms with Crippen LogP contribution in [0, 0.1) is 6.92 Å². The number of halogens is 1. The minimum absolute atomic E-state index is 0.0918. The van der Waals surface area contributed by atoms with Crippen molar-refractivity contribution in [3.63, 3.8) is 0 Å². The van der Waals surface area contributed by atoms with Crippen LogP contribution in [-0.4, -0.2) is 17.5 Å². The van der Waals surface area contributed by atoms with Gasteiger partial charge in [-0.05, 0) is 36.8 Å². The van der Waals surface area contributed by atoms with E-state index in [9.17, 15) is 4.79 Å². The van der Waals surface area contributed by atoms with Crippen LogP contribution in [0.1, 0.15) is 5.56 Å². The van der Waals surface area contributed by atoms with E-state index >= 15 is 0 Å². The number of anilines is 1. The summed E-state index contributed by atoms with van der Waals surface area (Å²) in [6.07, 6.45) is 3.21. The van der Waals surface area contributed by atoms with Gasteiger partial charge in [0.2, 0.25) is 0 Å². The average molecular weight is 277 g/mol. The van der Waals surface area contributed by atoms with Gasteiger partial charge in [0, 0.05) is 18.1 Å². The highest BCUT2D eigenvalue weighted by Gasteiger charge is 2.06. The normalized spacial score (nSPS) is 10.0. The lowest BCUT2D eigenvalue weighted by atomic mass is 10.2. The zero-order chi connectivity index (χ0) is 13.7. The number of rotatable bonds is 4. The number of carbonyl (C=O) groups excluding carboxylic acids is 1. The van der Waals surface area contributed by atoms with Gasteiger partial charge in [-0.15, -0.1) is 0 Å². The zero-order valence-corrected chi connectivity index (χ0v) is 11.1. The number of aromatic nitrogens is 1. The molecule has 1 N–H and O–H groups in total. The minimum atomic E-state index is -0.247. The molecule has 4 nitrogen and oxygen atoms in total.